The van der Waals surface area contributed by atoms with Crippen LogP contribution in [0.1, 0.15) is 25.7 Å². The first-order chi connectivity index (χ1) is 9.25. The van der Waals surface area contributed by atoms with E-state index >= 15 is 0 Å². The van der Waals surface area contributed by atoms with Crippen LogP contribution in [0.2, 0.25) is 0 Å². The maximum atomic E-state index is 13.2. The van der Waals surface area contributed by atoms with Crippen LogP contribution in [0.25, 0.3) is 0 Å². The van der Waals surface area contributed by atoms with Crippen molar-refractivity contribution in [1.29, 1.82) is 0 Å². The van der Waals surface area contributed by atoms with E-state index in [9.17, 15) is 4.39 Å². The fraction of sp³-hybridized carbons (Fsp3) is 0.538. The van der Waals surface area contributed by atoms with Gasteiger partial charge in [0.2, 0.25) is 5.88 Å². The number of guanidine groups is 1. The van der Waals surface area contributed by atoms with Crippen molar-refractivity contribution < 1.29 is 9.13 Å². The fourth-order valence-corrected chi connectivity index (χ4v) is 2.11. The summed E-state index contributed by atoms with van der Waals surface area (Å²) in [7, 11) is 0. The molecule has 1 aliphatic rings. The van der Waals surface area contributed by atoms with E-state index in [1.165, 1.54) is 31.2 Å². The summed E-state index contributed by atoms with van der Waals surface area (Å²) < 4.78 is 18.4. The van der Waals surface area contributed by atoms with Crippen LogP contribution in [0.4, 0.5) is 4.39 Å². The predicted molar refractivity (Wildman–Crippen MR) is 71.6 cm³/mol. The number of aromatic nitrogens is 1. The van der Waals surface area contributed by atoms with E-state index < -0.39 is 5.82 Å². The number of hydrogen-bond donors (Lipinski definition) is 2. The van der Waals surface area contributed by atoms with Gasteiger partial charge >= 0.3 is 0 Å². The van der Waals surface area contributed by atoms with Crippen LogP contribution < -0.4 is 15.8 Å². The van der Waals surface area contributed by atoms with E-state index in [0.29, 0.717) is 18.5 Å². The Labute approximate surface area is 112 Å². The van der Waals surface area contributed by atoms with Gasteiger partial charge in [-0.2, -0.15) is 0 Å². The van der Waals surface area contributed by atoms with Gasteiger partial charge in [-0.3, -0.25) is 0 Å². The van der Waals surface area contributed by atoms with Gasteiger partial charge in [0.1, 0.15) is 6.61 Å². The highest BCUT2D eigenvalue weighted by atomic mass is 19.1. The van der Waals surface area contributed by atoms with E-state index in [1.54, 1.807) is 0 Å². The zero-order valence-electron chi connectivity index (χ0n) is 10.8. The van der Waals surface area contributed by atoms with Crippen molar-refractivity contribution in [1.82, 2.24) is 10.3 Å². The Morgan fingerprint density at radius 1 is 1.53 bits per heavy atom. The molecule has 0 bridgehead atoms. The van der Waals surface area contributed by atoms with Gasteiger partial charge in [-0.25, -0.2) is 14.4 Å². The maximum Gasteiger partial charge on any atom is 0.250 e. The monoisotopic (exact) mass is 266 g/mol. The Bertz CT molecular complexity index is 432. The lowest BCUT2D eigenvalue weighted by Gasteiger charge is -2.12. The molecule has 6 heteroatoms. The molecule has 1 heterocycles. The SMILES string of the molecule is NC(=NCCOc1ncccc1F)NC1CCCC1. The highest BCUT2D eigenvalue weighted by Crippen LogP contribution is 2.17. The van der Waals surface area contributed by atoms with Crippen LogP contribution in [-0.2, 0) is 0 Å². The van der Waals surface area contributed by atoms with Crippen LogP contribution in [0, 0.1) is 5.82 Å². The highest BCUT2D eigenvalue weighted by molar-refractivity contribution is 5.78. The van der Waals surface area contributed by atoms with E-state index in [-0.39, 0.29) is 12.5 Å². The number of rotatable bonds is 5. The van der Waals surface area contributed by atoms with Gasteiger partial charge in [0.25, 0.3) is 0 Å². The average Bonchev–Trinajstić information content (AvgIpc) is 2.89. The molecule has 0 atom stereocenters. The second-order valence-corrected chi connectivity index (χ2v) is 4.53. The number of aliphatic imine (C=N–C) groups is 1. The largest absolute Gasteiger partial charge is 0.474 e. The van der Waals surface area contributed by atoms with Crippen molar-refractivity contribution in [2.24, 2.45) is 10.7 Å². The van der Waals surface area contributed by atoms with E-state index in [0.717, 1.165) is 12.8 Å². The molecule has 0 unspecified atom stereocenters. The van der Waals surface area contributed by atoms with Gasteiger partial charge in [0.15, 0.2) is 11.8 Å². The van der Waals surface area contributed by atoms with Crippen molar-refractivity contribution in [3.8, 4) is 5.88 Å². The molecule has 1 fully saturated rings. The Morgan fingerprint density at radius 2 is 2.32 bits per heavy atom. The fourth-order valence-electron chi connectivity index (χ4n) is 2.11. The van der Waals surface area contributed by atoms with E-state index in [1.807, 2.05) is 0 Å². The summed E-state index contributed by atoms with van der Waals surface area (Å²) in [5.74, 6) is -0.0412. The van der Waals surface area contributed by atoms with Crippen LogP contribution in [0.5, 0.6) is 5.88 Å². The standard InChI is InChI=1S/C13H19FN4O/c14-11-6-3-7-16-12(11)19-9-8-17-13(15)18-10-4-1-2-5-10/h3,6-7,10H,1-2,4-5,8-9H2,(H3,15,17,18). The van der Waals surface area contributed by atoms with E-state index in [4.69, 9.17) is 10.5 Å². The molecule has 0 spiro atoms. The molecule has 1 aliphatic carbocycles. The number of hydrogen-bond acceptors (Lipinski definition) is 3. The average molecular weight is 266 g/mol. The van der Waals surface area contributed by atoms with Crippen molar-refractivity contribution in [3.63, 3.8) is 0 Å². The lowest BCUT2D eigenvalue weighted by Crippen LogP contribution is -2.38. The van der Waals surface area contributed by atoms with Crippen molar-refractivity contribution in [2.45, 2.75) is 31.7 Å². The summed E-state index contributed by atoms with van der Waals surface area (Å²) in [6, 6.07) is 3.27. The van der Waals surface area contributed by atoms with Crippen LogP contribution >= 0.6 is 0 Å². The Kier molecular flexibility index (Phi) is 4.94. The number of pyridine rings is 1. The van der Waals surface area contributed by atoms with Gasteiger partial charge in [-0.1, -0.05) is 12.8 Å². The molecule has 0 aliphatic heterocycles. The third kappa shape index (κ3) is 4.39. The van der Waals surface area contributed by atoms with Gasteiger partial charge in [0.05, 0.1) is 6.54 Å². The lowest BCUT2D eigenvalue weighted by atomic mass is 10.2. The predicted octanol–water partition coefficient (Wildman–Crippen LogP) is 1.45. The minimum Gasteiger partial charge on any atom is -0.474 e. The highest BCUT2D eigenvalue weighted by Gasteiger charge is 2.14. The van der Waals surface area contributed by atoms with Crippen LogP contribution in [-0.4, -0.2) is 30.1 Å². The van der Waals surface area contributed by atoms with Crippen LogP contribution in [0.15, 0.2) is 23.3 Å². The van der Waals surface area contributed by atoms with Crippen molar-refractivity contribution in [3.05, 3.63) is 24.1 Å². The molecule has 19 heavy (non-hydrogen) atoms. The normalized spacial score (nSPS) is 16.6. The number of nitrogens with two attached hydrogens (primary N) is 1. The number of ether oxygens (including phenoxy) is 1. The zero-order chi connectivity index (χ0) is 13.5. The minimum atomic E-state index is -0.469. The molecule has 1 saturated carbocycles. The summed E-state index contributed by atoms with van der Waals surface area (Å²) >= 11 is 0. The molecule has 104 valence electrons. The molecule has 0 radical (unpaired) electrons. The molecule has 3 N–H and O–H groups in total. The van der Waals surface area contributed by atoms with Gasteiger partial charge in [0, 0.05) is 12.2 Å². The minimum absolute atomic E-state index is 0.0000218. The summed E-state index contributed by atoms with van der Waals surface area (Å²) in [4.78, 5) is 7.93. The first-order valence-electron chi connectivity index (χ1n) is 6.55. The van der Waals surface area contributed by atoms with E-state index in [2.05, 4.69) is 15.3 Å². The first kappa shape index (κ1) is 13.6. The van der Waals surface area contributed by atoms with Gasteiger partial charge < -0.3 is 15.8 Å². The molecule has 1 aromatic rings. The molecule has 0 aromatic carbocycles. The molecule has 0 saturated heterocycles. The molecule has 5 nitrogen and oxygen atoms in total. The smallest absolute Gasteiger partial charge is 0.250 e. The third-order valence-electron chi connectivity index (χ3n) is 3.04. The van der Waals surface area contributed by atoms with Crippen molar-refractivity contribution >= 4 is 5.96 Å². The summed E-state index contributed by atoms with van der Waals surface area (Å²) in [6.07, 6.45) is 6.26. The van der Waals surface area contributed by atoms with Crippen molar-refractivity contribution in [2.75, 3.05) is 13.2 Å². The number of halogens is 1. The maximum absolute atomic E-state index is 13.2. The Morgan fingerprint density at radius 3 is 3.05 bits per heavy atom. The Hall–Kier alpha value is -1.85. The lowest BCUT2D eigenvalue weighted by molar-refractivity contribution is 0.298. The Balaban J connectivity index is 1.69. The van der Waals surface area contributed by atoms with Crippen LogP contribution in [0.3, 0.4) is 0 Å². The molecular weight excluding hydrogens is 247 g/mol. The summed E-state index contributed by atoms with van der Waals surface area (Å²) in [6.45, 7) is 0.628. The number of nitrogens with zero attached hydrogens (tertiary/aromatic N) is 2. The molecule has 0 amide bonds. The summed E-state index contributed by atoms with van der Waals surface area (Å²) in [5.41, 5.74) is 5.76. The third-order valence-corrected chi connectivity index (χ3v) is 3.04. The second-order valence-electron chi connectivity index (χ2n) is 4.53. The van der Waals surface area contributed by atoms with Gasteiger partial charge in [-0.05, 0) is 25.0 Å². The van der Waals surface area contributed by atoms with Gasteiger partial charge in [-0.15, -0.1) is 0 Å². The second kappa shape index (κ2) is 6.92. The molecule has 1 aromatic heterocycles. The summed E-state index contributed by atoms with van der Waals surface area (Å²) in [5, 5.41) is 3.17. The number of nitrogens with one attached hydrogen (secondary N) is 1. The topological polar surface area (TPSA) is 72.5 Å². The molecular formula is C13H19FN4O. The first-order valence-corrected chi connectivity index (χ1v) is 6.55. The quantitative estimate of drug-likeness (QED) is 0.480. The zero-order valence-corrected chi connectivity index (χ0v) is 10.8. The molecule has 2 rings (SSSR count).